The standard InChI is InChI=1S/C17H22FNS/c1-11-5-7-15(10-17(11)18)14(4)19-12(2)9-16-8-6-13(3)20-16/h5-8,10,12,14,19H,9H2,1-4H3. The highest BCUT2D eigenvalue weighted by molar-refractivity contribution is 7.11. The van der Waals surface area contributed by atoms with E-state index in [9.17, 15) is 4.39 Å². The first-order chi connectivity index (χ1) is 9.45. The minimum Gasteiger partial charge on any atom is -0.307 e. The van der Waals surface area contributed by atoms with Gasteiger partial charge in [0.15, 0.2) is 0 Å². The molecule has 0 aliphatic heterocycles. The lowest BCUT2D eigenvalue weighted by Gasteiger charge is -2.20. The smallest absolute Gasteiger partial charge is 0.126 e. The highest BCUT2D eigenvalue weighted by Crippen LogP contribution is 2.20. The summed E-state index contributed by atoms with van der Waals surface area (Å²) in [6.07, 6.45) is 1.01. The number of benzene rings is 1. The first kappa shape index (κ1) is 15.2. The predicted octanol–water partition coefficient (Wildman–Crippen LogP) is 4.79. The van der Waals surface area contributed by atoms with Crippen LogP contribution in [0, 0.1) is 19.7 Å². The van der Waals surface area contributed by atoms with Crippen molar-refractivity contribution in [3.63, 3.8) is 0 Å². The maximum absolute atomic E-state index is 13.6. The molecule has 0 spiro atoms. The molecule has 0 bridgehead atoms. The number of aryl methyl sites for hydroxylation is 2. The first-order valence-electron chi connectivity index (χ1n) is 7.03. The average Bonchev–Trinajstić information content (AvgIpc) is 2.77. The summed E-state index contributed by atoms with van der Waals surface area (Å²) in [7, 11) is 0. The maximum atomic E-state index is 13.6. The van der Waals surface area contributed by atoms with Crippen LogP contribution in [0.4, 0.5) is 4.39 Å². The van der Waals surface area contributed by atoms with E-state index in [0.29, 0.717) is 11.6 Å². The molecule has 2 unspecified atom stereocenters. The van der Waals surface area contributed by atoms with E-state index in [-0.39, 0.29) is 11.9 Å². The van der Waals surface area contributed by atoms with Crippen LogP contribution in [0.25, 0.3) is 0 Å². The summed E-state index contributed by atoms with van der Waals surface area (Å²) in [6.45, 7) is 8.18. The van der Waals surface area contributed by atoms with Crippen molar-refractivity contribution in [3.05, 3.63) is 57.0 Å². The van der Waals surface area contributed by atoms with E-state index < -0.39 is 0 Å². The van der Waals surface area contributed by atoms with Crippen LogP contribution in [0.2, 0.25) is 0 Å². The molecule has 1 aromatic carbocycles. The number of halogens is 1. The van der Waals surface area contributed by atoms with E-state index in [4.69, 9.17) is 0 Å². The number of nitrogens with one attached hydrogen (secondary N) is 1. The topological polar surface area (TPSA) is 12.0 Å². The molecule has 1 N–H and O–H groups in total. The van der Waals surface area contributed by atoms with Gasteiger partial charge in [-0.15, -0.1) is 11.3 Å². The fourth-order valence-electron chi connectivity index (χ4n) is 2.36. The van der Waals surface area contributed by atoms with Crippen LogP contribution in [0.15, 0.2) is 30.3 Å². The van der Waals surface area contributed by atoms with Crippen molar-refractivity contribution in [1.29, 1.82) is 0 Å². The van der Waals surface area contributed by atoms with Crippen LogP contribution in [-0.4, -0.2) is 6.04 Å². The Bertz CT molecular complexity index is 576. The van der Waals surface area contributed by atoms with Gasteiger partial charge in [0.05, 0.1) is 0 Å². The van der Waals surface area contributed by atoms with Crippen LogP contribution in [0.1, 0.15) is 40.8 Å². The molecular weight excluding hydrogens is 269 g/mol. The lowest BCUT2D eigenvalue weighted by atomic mass is 10.0. The van der Waals surface area contributed by atoms with Crippen molar-refractivity contribution >= 4 is 11.3 Å². The Balaban J connectivity index is 1.96. The third-order valence-corrected chi connectivity index (χ3v) is 4.56. The summed E-state index contributed by atoms with van der Waals surface area (Å²) in [5, 5.41) is 3.54. The largest absolute Gasteiger partial charge is 0.307 e. The molecule has 2 atom stereocenters. The summed E-state index contributed by atoms with van der Waals surface area (Å²) in [6, 6.07) is 10.3. The minimum absolute atomic E-state index is 0.127. The van der Waals surface area contributed by atoms with Gasteiger partial charge in [0, 0.05) is 21.8 Å². The Morgan fingerprint density at radius 1 is 1.15 bits per heavy atom. The van der Waals surface area contributed by atoms with Gasteiger partial charge in [-0.25, -0.2) is 4.39 Å². The van der Waals surface area contributed by atoms with Gasteiger partial charge in [-0.2, -0.15) is 0 Å². The second-order valence-corrected chi connectivity index (χ2v) is 6.89. The molecule has 1 heterocycles. The molecule has 0 fully saturated rings. The fraction of sp³-hybridized carbons (Fsp3) is 0.412. The normalized spacial score (nSPS) is 14.2. The highest BCUT2D eigenvalue weighted by Gasteiger charge is 2.12. The van der Waals surface area contributed by atoms with Crippen molar-refractivity contribution in [3.8, 4) is 0 Å². The molecule has 0 aliphatic rings. The van der Waals surface area contributed by atoms with E-state index in [1.165, 1.54) is 9.75 Å². The molecule has 0 saturated heterocycles. The van der Waals surface area contributed by atoms with Gasteiger partial charge in [0.1, 0.15) is 5.82 Å². The zero-order valence-corrected chi connectivity index (χ0v) is 13.4. The second kappa shape index (κ2) is 6.51. The molecule has 1 nitrogen and oxygen atoms in total. The summed E-state index contributed by atoms with van der Waals surface area (Å²) >= 11 is 1.84. The molecular formula is C17H22FNS. The van der Waals surface area contributed by atoms with E-state index >= 15 is 0 Å². The first-order valence-corrected chi connectivity index (χ1v) is 7.84. The van der Waals surface area contributed by atoms with Crippen LogP contribution in [0.5, 0.6) is 0 Å². The summed E-state index contributed by atoms with van der Waals surface area (Å²) < 4.78 is 13.6. The molecule has 2 aromatic rings. The molecule has 0 amide bonds. The van der Waals surface area contributed by atoms with Crippen LogP contribution in [0.3, 0.4) is 0 Å². The van der Waals surface area contributed by atoms with Crippen molar-refractivity contribution in [2.45, 2.75) is 46.2 Å². The number of rotatable bonds is 5. The average molecular weight is 291 g/mol. The van der Waals surface area contributed by atoms with Crippen molar-refractivity contribution in [2.24, 2.45) is 0 Å². The number of thiophene rings is 1. The number of hydrogen-bond donors (Lipinski definition) is 1. The molecule has 2 rings (SSSR count). The minimum atomic E-state index is -0.127. The Hall–Kier alpha value is -1.19. The van der Waals surface area contributed by atoms with E-state index in [1.807, 2.05) is 23.5 Å². The quantitative estimate of drug-likeness (QED) is 0.835. The summed E-state index contributed by atoms with van der Waals surface area (Å²) in [5.41, 5.74) is 1.70. The Kier molecular flexibility index (Phi) is 4.95. The molecule has 0 radical (unpaired) electrons. The van der Waals surface area contributed by atoms with Gasteiger partial charge in [0.2, 0.25) is 0 Å². The van der Waals surface area contributed by atoms with Crippen molar-refractivity contribution in [2.75, 3.05) is 0 Å². The van der Waals surface area contributed by atoms with Gasteiger partial charge in [0.25, 0.3) is 0 Å². The number of hydrogen-bond acceptors (Lipinski definition) is 2. The van der Waals surface area contributed by atoms with E-state index in [2.05, 4.69) is 38.2 Å². The van der Waals surface area contributed by atoms with Crippen LogP contribution in [-0.2, 0) is 6.42 Å². The van der Waals surface area contributed by atoms with E-state index in [0.717, 1.165) is 12.0 Å². The van der Waals surface area contributed by atoms with Gasteiger partial charge >= 0.3 is 0 Å². The monoisotopic (exact) mass is 291 g/mol. The lowest BCUT2D eigenvalue weighted by Crippen LogP contribution is -2.30. The van der Waals surface area contributed by atoms with Crippen LogP contribution >= 0.6 is 11.3 Å². The summed E-state index contributed by atoms with van der Waals surface area (Å²) in [5.74, 6) is -0.127. The Labute approximate surface area is 124 Å². The van der Waals surface area contributed by atoms with E-state index in [1.54, 1.807) is 13.0 Å². The molecule has 0 saturated carbocycles. The third kappa shape index (κ3) is 3.90. The van der Waals surface area contributed by atoms with Gasteiger partial charge < -0.3 is 5.32 Å². The third-order valence-electron chi connectivity index (χ3n) is 3.53. The molecule has 20 heavy (non-hydrogen) atoms. The zero-order valence-electron chi connectivity index (χ0n) is 12.5. The lowest BCUT2D eigenvalue weighted by molar-refractivity contribution is 0.476. The molecule has 1 aromatic heterocycles. The molecule has 0 aliphatic carbocycles. The SMILES string of the molecule is Cc1ccc(CC(C)NC(C)c2ccc(C)c(F)c2)s1. The van der Waals surface area contributed by atoms with Gasteiger partial charge in [-0.1, -0.05) is 12.1 Å². The molecule has 3 heteroatoms. The zero-order chi connectivity index (χ0) is 14.7. The second-order valence-electron chi connectivity index (χ2n) is 5.51. The summed E-state index contributed by atoms with van der Waals surface area (Å²) in [4.78, 5) is 2.74. The van der Waals surface area contributed by atoms with Gasteiger partial charge in [-0.3, -0.25) is 0 Å². The fourth-order valence-corrected chi connectivity index (χ4v) is 3.38. The van der Waals surface area contributed by atoms with Crippen molar-refractivity contribution < 1.29 is 4.39 Å². The maximum Gasteiger partial charge on any atom is 0.126 e. The van der Waals surface area contributed by atoms with Crippen molar-refractivity contribution in [1.82, 2.24) is 5.32 Å². The van der Waals surface area contributed by atoms with Crippen LogP contribution < -0.4 is 5.32 Å². The Morgan fingerprint density at radius 2 is 1.90 bits per heavy atom. The van der Waals surface area contributed by atoms with Gasteiger partial charge in [-0.05, 0) is 63.4 Å². The molecule has 108 valence electrons. The Morgan fingerprint density at radius 3 is 2.50 bits per heavy atom. The predicted molar refractivity (Wildman–Crippen MR) is 84.9 cm³/mol. The highest BCUT2D eigenvalue weighted by atomic mass is 32.1.